The molecule has 1 amide bonds. The Morgan fingerprint density at radius 1 is 1.06 bits per heavy atom. The smallest absolute Gasteiger partial charge is 0.295 e. The minimum absolute atomic E-state index is 0.0235. The minimum Gasteiger partial charge on any atom is -0.507 e. The Balaban J connectivity index is 1.80. The van der Waals surface area contributed by atoms with E-state index in [1.54, 1.807) is 62.0 Å². The van der Waals surface area contributed by atoms with Crippen molar-refractivity contribution in [3.05, 3.63) is 101 Å². The molecule has 1 atom stereocenters. The molecule has 0 spiro atoms. The van der Waals surface area contributed by atoms with Crippen molar-refractivity contribution < 1.29 is 23.8 Å². The first-order valence-corrected chi connectivity index (χ1v) is 11.7. The highest BCUT2D eigenvalue weighted by Crippen LogP contribution is 2.41. The largest absolute Gasteiger partial charge is 0.507 e. The quantitative estimate of drug-likeness (QED) is 0.293. The number of pyridine rings is 1. The Labute approximate surface area is 210 Å². The van der Waals surface area contributed by atoms with Gasteiger partial charge in [0.1, 0.15) is 17.3 Å². The fourth-order valence-corrected chi connectivity index (χ4v) is 4.50. The van der Waals surface area contributed by atoms with E-state index in [0.717, 1.165) is 11.1 Å². The normalized spacial score (nSPS) is 17.5. The fourth-order valence-electron chi connectivity index (χ4n) is 4.50. The zero-order chi connectivity index (χ0) is 26.0. The number of amides is 1. The van der Waals surface area contributed by atoms with Crippen molar-refractivity contribution in [2.24, 2.45) is 0 Å². The van der Waals surface area contributed by atoms with Gasteiger partial charge in [-0.3, -0.25) is 14.6 Å². The second kappa shape index (κ2) is 9.93. The number of carbonyl (C=O) groups is 2. The summed E-state index contributed by atoms with van der Waals surface area (Å²) in [4.78, 5) is 32.0. The van der Waals surface area contributed by atoms with Crippen LogP contribution in [0.4, 0.5) is 4.39 Å². The van der Waals surface area contributed by atoms with Crippen molar-refractivity contribution in [1.29, 1.82) is 0 Å². The first-order chi connectivity index (χ1) is 17.1. The van der Waals surface area contributed by atoms with E-state index in [4.69, 9.17) is 4.74 Å². The third-order valence-corrected chi connectivity index (χ3v) is 6.40. The van der Waals surface area contributed by atoms with Crippen LogP contribution in [0.2, 0.25) is 0 Å². The van der Waals surface area contributed by atoms with E-state index in [9.17, 15) is 19.1 Å². The maximum Gasteiger partial charge on any atom is 0.295 e. The molecular formula is C29H29FN2O4. The zero-order valence-corrected chi connectivity index (χ0v) is 20.8. The lowest BCUT2D eigenvalue weighted by Gasteiger charge is -2.26. The lowest BCUT2D eigenvalue weighted by Crippen LogP contribution is -2.31. The number of aliphatic hydroxyl groups excluding tert-OH is 1. The molecule has 1 unspecified atom stereocenters. The minimum atomic E-state index is -0.784. The fraction of sp³-hybridized carbons (Fsp3) is 0.276. The Kier molecular flexibility index (Phi) is 6.93. The zero-order valence-electron chi connectivity index (χ0n) is 20.8. The third kappa shape index (κ3) is 4.87. The van der Waals surface area contributed by atoms with Crippen molar-refractivity contribution in [3.63, 3.8) is 0 Å². The van der Waals surface area contributed by atoms with Gasteiger partial charge >= 0.3 is 0 Å². The number of ether oxygens (including phenoxy) is 1. The van der Waals surface area contributed by atoms with Crippen LogP contribution in [0, 0.1) is 5.82 Å². The summed E-state index contributed by atoms with van der Waals surface area (Å²) in [6.45, 7) is 6.30. The lowest BCUT2D eigenvalue weighted by atomic mass is 9.84. The molecule has 0 bridgehead atoms. The van der Waals surface area contributed by atoms with Gasteiger partial charge in [0.25, 0.3) is 11.7 Å². The van der Waals surface area contributed by atoms with E-state index in [1.807, 2.05) is 20.8 Å². The van der Waals surface area contributed by atoms with E-state index >= 15 is 0 Å². The predicted octanol–water partition coefficient (Wildman–Crippen LogP) is 5.19. The summed E-state index contributed by atoms with van der Waals surface area (Å²) in [5.41, 5.74) is 2.52. The van der Waals surface area contributed by atoms with Gasteiger partial charge in [0.15, 0.2) is 0 Å². The van der Waals surface area contributed by atoms with Crippen LogP contribution in [0.1, 0.15) is 49.1 Å². The van der Waals surface area contributed by atoms with Gasteiger partial charge in [0.05, 0.1) is 18.7 Å². The van der Waals surface area contributed by atoms with Crippen LogP contribution in [-0.4, -0.2) is 40.3 Å². The molecular weight excluding hydrogens is 459 g/mol. The number of aromatic nitrogens is 1. The standard InChI is InChI=1S/C29H29FN2O4/c1-29(2,3)22-17-20(7-10-23(22)36-4)26(33)24-25(19-11-14-31-15-12-19)32(28(35)27(24)34)16-13-18-5-8-21(30)9-6-18/h5-12,14-15,17,25,33H,13,16H2,1-4H3/b26-24-. The summed E-state index contributed by atoms with van der Waals surface area (Å²) in [7, 11) is 1.58. The van der Waals surface area contributed by atoms with Crippen LogP contribution in [0.5, 0.6) is 5.75 Å². The number of likely N-dealkylation sites (tertiary alicyclic amines) is 1. The first-order valence-electron chi connectivity index (χ1n) is 11.7. The Hall–Kier alpha value is -4.00. The molecule has 0 aliphatic carbocycles. The molecule has 0 radical (unpaired) electrons. The molecule has 1 fully saturated rings. The molecule has 1 N–H and O–H groups in total. The van der Waals surface area contributed by atoms with E-state index in [2.05, 4.69) is 4.98 Å². The van der Waals surface area contributed by atoms with Crippen LogP contribution in [0.15, 0.2) is 72.6 Å². The number of halogens is 1. The SMILES string of the molecule is COc1ccc(/C(O)=C2/C(=O)C(=O)N(CCc3ccc(F)cc3)C2c2ccncc2)cc1C(C)(C)C. The first kappa shape index (κ1) is 25.1. The second-order valence-electron chi connectivity index (χ2n) is 9.81. The number of hydrogen-bond acceptors (Lipinski definition) is 5. The third-order valence-electron chi connectivity index (χ3n) is 6.40. The highest BCUT2D eigenvalue weighted by Gasteiger charge is 2.46. The van der Waals surface area contributed by atoms with E-state index in [1.165, 1.54) is 17.0 Å². The monoisotopic (exact) mass is 488 g/mol. The van der Waals surface area contributed by atoms with Gasteiger partial charge in [-0.1, -0.05) is 32.9 Å². The van der Waals surface area contributed by atoms with Gasteiger partial charge in [-0.2, -0.15) is 0 Å². The van der Waals surface area contributed by atoms with Crippen molar-refractivity contribution in [2.45, 2.75) is 38.6 Å². The van der Waals surface area contributed by atoms with Gasteiger partial charge in [0, 0.05) is 30.1 Å². The van der Waals surface area contributed by atoms with Crippen molar-refractivity contribution in [1.82, 2.24) is 9.88 Å². The molecule has 1 aliphatic heterocycles. The number of carbonyl (C=O) groups excluding carboxylic acids is 2. The molecule has 2 aromatic carbocycles. The number of ketones is 1. The predicted molar refractivity (Wildman–Crippen MR) is 135 cm³/mol. The topological polar surface area (TPSA) is 79.7 Å². The maximum atomic E-state index is 13.3. The average molecular weight is 489 g/mol. The summed E-state index contributed by atoms with van der Waals surface area (Å²) in [5.74, 6) is -1.35. The van der Waals surface area contributed by atoms with E-state index < -0.39 is 17.7 Å². The van der Waals surface area contributed by atoms with Gasteiger partial charge < -0.3 is 14.7 Å². The Bertz CT molecular complexity index is 1310. The van der Waals surface area contributed by atoms with Gasteiger partial charge in [-0.05, 0) is 65.4 Å². The molecule has 2 heterocycles. The Morgan fingerprint density at radius 3 is 2.33 bits per heavy atom. The maximum absolute atomic E-state index is 13.3. The van der Waals surface area contributed by atoms with E-state index in [0.29, 0.717) is 23.3 Å². The molecule has 0 saturated carbocycles. The van der Waals surface area contributed by atoms with Crippen LogP contribution in [0.25, 0.3) is 5.76 Å². The van der Waals surface area contributed by atoms with Crippen molar-refractivity contribution in [2.75, 3.05) is 13.7 Å². The molecule has 3 aromatic rings. The number of nitrogens with zero attached hydrogens (tertiary/aromatic N) is 2. The van der Waals surface area contributed by atoms with Gasteiger partial charge in [0.2, 0.25) is 0 Å². The average Bonchev–Trinajstić information content (AvgIpc) is 3.12. The van der Waals surface area contributed by atoms with Crippen LogP contribution in [-0.2, 0) is 21.4 Å². The van der Waals surface area contributed by atoms with Crippen molar-refractivity contribution >= 4 is 17.4 Å². The van der Waals surface area contributed by atoms with Gasteiger partial charge in [-0.25, -0.2) is 4.39 Å². The van der Waals surface area contributed by atoms with E-state index in [-0.39, 0.29) is 29.1 Å². The molecule has 1 aliphatic rings. The van der Waals surface area contributed by atoms with Crippen LogP contribution < -0.4 is 4.74 Å². The summed E-state index contributed by atoms with van der Waals surface area (Å²) >= 11 is 0. The number of aliphatic hydroxyl groups is 1. The summed E-state index contributed by atoms with van der Waals surface area (Å²) in [6, 6.07) is 13.9. The number of methoxy groups -OCH3 is 1. The number of hydrogen-bond donors (Lipinski definition) is 1. The molecule has 1 aromatic heterocycles. The molecule has 36 heavy (non-hydrogen) atoms. The molecule has 6 nitrogen and oxygen atoms in total. The molecule has 7 heteroatoms. The summed E-state index contributed by atoms with van der Waals surface area (Å²) in [5, 5.41) is 11.4. The van der Waals surface area contributed by atoms with Crippen LogP contribution in [0.3, 0.4) is 0 Å². The van der Waals surface area contributed by atoms with Crippen LogP contribution >= 0.6 is 0 Å². The molecule has 1 saturated heterocycles. The van der Waals surface area contributed by atoms with Gasteiger partial charge in [-0.15, -0.1) is 0 Å². The highest BCUT2D eigenvalue weighted by atomic mass is 19.1. The molecule has 4 rings (SSSR count). The Morgan fingerprint density at radius 2 is 1.72 bits per heavy atom. The summed E-state index contributed by atoms with van der Waals surface area (Å²) < 4.78 is 18.8. The number of Topliss-reactive ketones (excluding diaryl/α,β-unsaturated/α-hetero) is 1. The number of benzene rings is 2. The number of rotatable bonds is 6. The highest BCUT2D eigenvalue weighted by molar-refractivity contribution is 6.46. The second-order valence-corrected chi connectivity index (χ2v) is 9.81. The molecule has 186 valence electrons. The lowest BCUT2D eigenvalue weighted by molar-refractivity contribution is -0.139. The van der Waals surface area contributed by atoms with Crippen molar-refractivity contribution in [3.8, 4) is 5.75 Å². The summed E-state index contributed by atoms with van der Waals surface area (Å²) in [6.07, 6.45) is 3.59.